The van der Waals surface area contributed by atoms with Crippen molar-refractivity contribution in [2.24, 2.45) is 0 Å². The van der Waals surface area contributed by atoms with E-state index in [0.717, 1.165) is 102 Å². The molecular weight excluding hydrogens is 693 g/mol. The summed E-state index contributed by atoms with van der Waals surface area (Å²) in [6, 6.07) is 54.2. The first-order valence-corrected chi connectivity index (χ1v) is 19.3. The quantitative estimate of drug-likeness (QED) is 0.0970. The smallest absolute Gasteiger partial charge is 0.321 e. The number of aromatic amines is 4. The van der Waals surface area contributed by atoms with Crippen LogP contribution < -0.4 is 0 Å². The molecule has 3 aliphatic rings. The first-order chi connectivity index (χ1) is 27.7. The molecule has 56 heavy (non-hydrogen) atoms. The fraction of sp³-hybridized carbons (Fsp3) is 0.122. The van der Waals surface area contributed by atoms with E-state index in [2.05, 4.69) is 129 Å². The second-order valence-electron chi connectivity index (χ2n) is 14.5. The summed E-state index contributed by atoms with van der Waals surface area (Å²) in [6.45, 7) is 0.913. The molecule has 1 atom stereocenters. The van der Waals surface area contributed by atoms with Crippen molar-refractivity contribution in [2.75, 3.05) is 13.2 Å². The molecule has 1 fully saturated rings. The third kappa shape index (κ3) is 6.12. The van der Waals surface area contributed by atoms with E-state index in [-0.39, 0.29) is 18.7 Å². The number of hydrogen-bond donors (Lipinski definition) is 4. The first kappa shape index (κ1) is 33.7. The Morgan fingerprint density at radius 3 is 1.46 bits per heavy atom. The van der Waals surface area contributed by atoms with Gasteiger partial charge in [0.2, 0.25) is 0 Å². The van der Waals surface area contributed by atoms with Crippen molar-refractivity contribution in [1.29, 1.82) is 0 Å². The Kier molecular flexibility index (Phi) is 8.69. The molecule has 3 aliphatic heterocycles. The molecule has 4 N–H and O–H groups in total. The summed E-state index contributed by atoms with van der Waals surface area (Å²) in [5.74, 6) is -1.01. The summed E-state index contributed by atoms with van der Waals surface area (Å²) >= 11 is 0. The van der Waals surface area contributed by atoms with Crippen LogP contribution in [0.15, 0.2) is 158 Å². The number of ether oxygens (including phenoxy) is 2. The molecule has 0 saturated carbocycles. The molecule has 0 unspecified atom stereocenters. The van der Waals surface area contributed by atoms with Gasteiger partial charge in [-0.3, -0.25) is 4.79 Å². The monoisotopic (exact) mass is 732 g/mol. The molecule has 4 aromatic carbocycles. The number of benzene rings is 4. The number of hydrogen-bond acceptors (Lipinski definition) is 3. The Hall–Kier alpha value is -6.83. The lowest BCUT2D eigenvalue weighted by atomic mass is 9.84. The molecular formula is C49H40N4O3+2. The van der Waals surface area contributed by atoms with Crippen LogP contribution in [0.5, 0.6) is 0 Å². The molecule has 1 saturated heterocycles. The predicted octanol–water partition coefficient (Wildman–Crippen LogP) is 11.5. The van der Waals surface area contributed by atoms with Crippen molar-refractivity contribution in [3.05, 3.63) is 169 Å². The molecule has 7 heteroatoms. The Morgan fingerprint density at radius 2 is 1.00 bits per heavy atom. The normalized spacial score (nSPS) is 14.8. The average Bonchev–Trinajstić information content (AvgIpc) is 4.09. The second kappa shape index (κ2) is 14.4. The topological polar surface area (TPSA) is 98.7 Å². The van der Waals surface area contributed by atoms with Crippen LogP contribution in [0, 0.1) is 0 Å². The largest absolute Gasteiger partial charge is 0.462 e. The Bertz CT molecular complexity index is 2650. The lowest BCUT2D eigenvalue weighted by molar-refractivity contribution is -0.148. The van der Waals surface area contributed by atoms with Crippen LogP contribution in [0.1, 0.15) is 30.1 Å². The van der Waals surface area contributed by atoms with Gasteiger partial charge in [-0.25, -0.2) is 0 Å². The predicted molar refractivity (Wildman–Crippen MR) is 225 cm³/mol. The van der Waals surface area contributed by atoms with Gasteiger partial charge in [0.05, 0.1) is 40.4 Å². The van der Waals surface area contributed by atoms with E-state index >= 15 is 0 Å². The lowest BCUT2D eigenvalue weighted by Gasteiger charge is -2.29. The second-order valence-corrected chi connectivity index (χ2v) is 14.5. The van der Waals surface area contributed by atoms with Gasteiger partial charge in [-0.15, -0.1) is 0 Å². The maximum absolute atomic E-state index is 14.6. The molecule has 4 aromatic heterocycles. The van der Waals surface area contributed by atoms with Crippen LogP contribution in [0.2, 0.25) is 0 Å². The Balaban J connectivity index is 1.35. The van der Waals surface area contributed by atoms with Gasteiger partial charge in [-0.05, 0) is 72.5 Å². The van der Waals surface area contributed by atoms with Crippen molar-refractivity contribution in [3.8, 4) is 44.5 Å². The van der Waals surface area contributed by atoms with Gasteiger partial charge in [0.25, 0.3) is 0 Å². The van der Waals surface area contributed by atoms with Gasteiger partial charge < -0.3 is 29.4 Å². The van der Waals surface area contributed by atoms with Gasteiger partial charge in [-0.2, -0.15) is 0 Å². The highest BCUT2D eigenvalue weighted by atomic mass is 16.6. The van der Waals surface area contributed by atoms with Crippen molar-refractivity contribution >= 4 is 39.1 Å². The summed E-state index contributed by atoms with van der Waals surface area (Å²) in [5, 5.41) is 0. The highest BCUT2D eigenvalue weighted by molar-refractivity contribution is 6.01. The van der Waals surface area contributed by atoms with Crippen LogP contribution in [0.4, 0.5) is 0 Å². The molecule has 8 bridgehead atoms. The van der Waals surface area contributed by atoms with Gasteiger partial charge >= 0.3 is 5.97 Å². The highest BCUT2D eigenvalue weighted by Gasteiger charge is 2.38. The lowest BCUT2D eigenvalue weighted by Crippen LogP contribution is -2.29. The molecule has 0 spiro atoms. The number of aromatic nitrogens is 4. The zero-order valence-electron chi connectivity index (χ0n) is 30.7. The summed E-state index contributed by atoms with van der Waals surface area (Å²) in [7, 11) is 0. The van der Waals surface area contributed by atoms with E-state index in [1.807, 2.05) is 48.5 Å². The molecule has 7 nitrogen and oxygen atoms in total. The standard InChI is InChI=1S/C49H40N4O3/c54-49(56-30-35-22-13-29-55-35)46-47-44(33-18-9-3-10-19-33)40-27-25-38(51-40)42(31-14-5-1-6-15-31)36-23-24-37(50-36)43(32-16-7-2-8-17-32)39-26-28-41(52-39)45(48(46)53-47)34-20-11-4-12-21-34/h1-12,14-21,23-28,35,46,50-53H,13,22,29-30H2/q+2/t35-,46?/m1/s1. The molecule has 11 rings (SSSR count). The molecule has 0 radical (unpaired) electrons. The van der Waals surface area contributed by atoms with E-state index < -0.39 is 5.92 Å². The van der Waals surface area contributed by atoms with E-state index in [1.54, 1.807) is 0 Å². The van der Waals surface area contributed by atoms with E-state index in [1.165, 1.54) is 0 Å². The summed E-state index contributed by atoms with van der Waals surface area (Å²) in [4.78, 5) is 29.9. The van der Waals surface area contributed by atoms with E-state index in [0.29, 0.717) is 6.61 Å². The van der Waals surface area contributed by atoms with Crippen LogP contribution in [-0.4, -0.2) is 45.2 Å². The van der Waals surface area contributed by atoms with Crippen molar-refractivity contribution in [2.45, 2.75) is 24.9 Å². The fourth-order valence-corrected chi connectivity index (χ4v) is 8.34. The van der Waals surface area contributed by atoms with Crippen LogP contribution in [-0.2, 0) is 14.3 Å². The fourth-order valence-electron chi connectivity index (χ4n) is 8.34. The van der Waals surface area contributed by atoms with Crippen LogP contribution in [0.25, 0.3) is 77.6 Å². The van der Waals surface area contributed by atoms with Crippen LogP contribution >= 0.6 is 0 Å². The maximum atomic E-state index is 14.6. The van der Waals surface area contributed by atoms with Crippen molar-refractivity contribution in [1.82, 2.24) is 19.9 Å². The summed E-state index contributed by atoms with van der Waals surface area (Å²) < 4.78 is 12.1. The molecule has 0 aliphatic carbocycles. The molecule has 0 amide bonds. The Labute approximate surface area is 324 Å². The number of esters is 1. The number of rotatable bonds is 7. The van der Waals surface area contributed by atoms with Gasteiger partial charge in [0.15, 0.2) is 0 Å². The van der Waals surface area contributed by atoms with Gasteiger partial charge in [0.1, 0.15) is 45.7 Å². The molecule has 272 valence electrons. The highest BCUT2D eigenvalue weighted by Crippen LogP contribution is 2.45. The van der Waals surface area contributed by atoms with Crippen molar-refractivity contribution in [3.63, 3.8) is 0 Å². The number of nitrogens with one attached hydrogen (secondary N) is 4. The summed E-state index contributed by atoms with van der Waals surface area (Å²) in [6.07, 6.45) is 1.76. The maximum Gasteiger partial charge on any atom is 0.321 e. The van der Waals surface area contributed by atoms with Gasteiger partial charge in [-0.1, -0.05) is 60.7 Å². The van der Waals surface area contributed by atoms with Crippen LogP contribution in [0.3, 0.4) is 0 Å². The minimum atomic E-state index is -0.702. The SMILES string of the molecule is O=C(OC[C@H]1CCCO1)C1c2[nH]c1c(-c1ccccc1)c1ccc([nH]1)[c+](-c1ccccc1)c1ccc([nH]1)[c+](-c1ccccc1)c1ccc([nH]1)c2-c1ccccc1. The number of carbonyl (C=O) groups is 1. The first-order valence-electron chi connectivity index (χ1n) is 19.3. The summed E-state index contributed by atoms with van der Waals surface area (Å²) in [5.41, 5.74) is 15.2. The number of H-pyrrole nitrogens is 4. The third-order valence-corrected chi connectivity index (χ3v) is 11.0. The zero-order valence-corrected chi connectivity index (χ0v) is 30.7. The minimum Gasteiger partial charge on any atom is -0.462 e. The molecule has 8 aromatic rings. The minimum absolute atomic E-state index is 0.0945. The molecule has 7 heterocycles. The Morgan fingerprint density at radius 1 is 0.554 bits per heavy atom. The van der Waals surface area contributed by atoms with Crippen molar-refractivity contribution < 1.29 is 14.3 Å². The number of carbonyl (C=O) groups excluding carboxylic acids is 1. The third-order valence-electron chi connectivity index (χ3n) is 11.0. The van der Waals surface area contributed by atoms with Gasteiger partial charge in [0, 0.05) is 65.5 Å². The average molecular weight is 733 g/mol. The zero-order chi connectivity index (χ0) is 37.4. The van der Waals surface area contributed by atoms with E-state index in [4.69, 9.17) is 9.47 Å². The van der Waals surface area contributed by atoms with E-state index in [9.17, 15) is 4.79 Å².